The van der Waals surface area contributed by atoms with Gasteiger partial charge < -0.3 is 9.15 Å². The molecule has 7 heteroatoms. The number of carbonyl (C=O) groups is 1. The van der Waals surface area contributed by atoms with Gasteiger partial charge in [-0.15, -0.1) is 0 Å². The minimum absolute atomic E-state index is 0.154. The summed E-state index contributed by atoms with van der Waals surface area (Å²) < 4.78 is 10.4. The third kappa shape index (κ3) is 5.65. The van der Waals surface area contributed by atoms with Crippen LogP contribution in [-0.4, -0.2) is 15.9 Å². The van der Waals surface area contributed by atoms with E-state index in [1.54, 1.807) is 18.3 Å². The van der Waals surface area contributed by atoms with E-state index in [0.717, 1.165) is 17.5 Å². The third-order valence-corrected chi connectivity index (χ3v) is 4.27. The van der Waals surface area contributed by atoms with E-state index in [2.05, 4.69) is 9.97 Å². The van der Waals surface area contributed by atoms with Crippen molar-refractivity contribution in [3.63, 3.8) is 0 Å². The molecule has 27 heavy (non-hydrogen) atoms. The van der Waals surface area contributed by atoms with Crippen molar-refractivity contribution in [1.29, 1.82) is 0 Å². The summed E-state index contributed by atoms with van der Waals surface area (Å²) in [5.41, 5.74) is 1.29. The molecule has 0 aliphatic carbocycles. The fraction of sp³-hybridized carbons (Fsp3) is 0.100. The maximum absolute atomic E-state index is 12.1. The Morgan fingerprint density at radius 3 is 2.81 bits per heavy atom. The van der Waals surface area contributed by atoms with E-state index in [4.69, 9.17) is 9.15 Å². The molecule has 3 rings (SSSR count). The molecule has 0 saturated carbocycles. The SMILES string of the molecule is Cc1ccnc(SCc2cc(=O)c(OC(=O)/C=C/c3ccccc3)co2)n1. The molecule has 0 spiro atoms. The minimum atomic E-state index is -0.651. The average Bonchev–Trinajstić information content (AvgIpc) is 2.67. The summed E-state index contributed by atoms with van der Waals surface area (Å²) in [5, 5.41) is 0.596. The molecule has 1 aromatic carbocycles. The van der Waals surface area contributed by atoms with Crippen LogP contribution in [0.3, 0.4) is 0 Å². The maximum Gasteiger partial charge on any atom is 0.336 e. The molecular formula is C20H16N2O4S. The Balaban J connectivity index is 1.60. The average molecular weight is 380 g/mol. The fourth-order valence-electron chi connectivity index (χ4n) is 2.09. The van der Waals surface area contributed by atoms with Crippen LogP contribution in [0.5, 0.6) is 5.75 Å². The molecule has 0 atom stereocenters. The lowest BCUT2D eigenvalue weighted by atomic mass is 10.2. The van der Waals surface area contributed by atoms with Crippen molar-refractivity contribution >= 4 is 23.8 Å². The molecule has 2 aromatic heterocycles. The van der Waals surface area contributed by atoms with Crippen LogP contribution >= 0.6 is 11.8 Å². The highest BCUT2D eigenvalue weighted by Gasteiger charge is 2.09. The standard InChI is InChI=1S/C20H16N2O4S/c1-14-9-10-21-20(22-14)27-13-16-11-17(23)18(12-25-16)26-19(24)8-7-15-5-3-2-4-6-15/h2-12H,13H2,1H3/b8-7+. The van der Waals surface area contributed by atoms with Crippen LogP contribution in [0.25, 0.3) is 6.08 Å². The molecular weight excluding hydrogens is 364 g/mol. The van der Waals surface area contributed by atoms with Crippen LogP contribution in [0.1, 0.15) is 17.0 Å². The van der Waals surface area contributed by atoms with Crippen molar-refractivity contribution in [2.24, 2.45) is 0 Å². The Hall–Kier alpha value is -3.19. The third-order valence-electron chi connectivity index (χ3n) is 3.39. The summed E-state index contributed by atoms with van der Waals surface area (Å²) in [4.78, 5) is 32.4. The van der Waals surface area contributed by atoms with E-state index in [-0.39, 0.29) is 5.75 Å². The molecule has 3 aromatic rings. The Morgan fingerprint density at radius 1 is 1.26 bits per heavy atom. The zero-order valence-electron chi connectivity index (χ0n) is 14.5. The molecule has 6 nitrogen and oxygen atoms in total. The summed E-state index contributed by atoms with van der Waals surface area (Å²) >= 11 is 1.35. The first kappa shape index (κ1) is 18.6. The summed E-state index contributed by atoms with van der Waals surface area (Å²) in [7, 11) is 0. The smallest absolute Gasteiger partial charge is 0.336 e. The summed E-state index contributed by atoms with van der Waals surface area (Å²) in [5.74, 6) is 0.0235. The van der Waals surface area contributed by atoms with E-state index in [1.165, 1.54) is 23.9 Å². The molecule has 0 saturated heterocycles. The lowest BCUT2D eigenvalue weighted by molar-refractivity contribution is -0.129. The summed E-state index contributed by atoms with van der Waals surface area (Å²) in [6.07, 6.45) is 5.68. The number of hydrogen-bond donors (Lipinski definition) is 0. The highest BCUT2D eigenvalue weighted by molar-refractivity contribution is 7.98. The van der Waals surface area contributed by atoms with Gasteiger partial charge in [-0.05, 0) is 24.6 Å². The number of benzene rings is 1. The highest BCUT2D eigenvalue weighted by atomic mass is 32.2. The van der Waals surface area contributed by atoms with Crippen molar-refractivity contribution in [2.75, 3.05) is 0 Å². The van der Waals surface area contributed by atoms with Crippen LogP contribution in [0, 0.1) is 6.92 Å². The van der Waals surface area contributed by atoms with Gasteiger partial charge in [-0.1, -0.05) is 42.1 Å². The van der Waals surface area contributed by atoms with Crippen molar-refractivity contribution in [3.8, 4) is 5.75 Å². The van der Waals surface area contributed by atoms with E-state index in [9.17, 15) is 9.59 Å². The molecule has 0 aliphatic heterocycles. The van der Waals surface area contributed by atoms with Gasteiger partial charge in [0.15, 0.2) is 5.16 Å². The number of ether oxygens (including phenoxy) is 1. The Kier molecular flexibility index (Phi) is 6.17. The summed E-state index contributed by atoms with van der Waals surface area (Å²) in [6.45, 7) is 1.88. The number of esters is 1. The molecule has 0 unspecified atom stereocenters. The van der Waals surface area contributed by atoms with Gasteiger partial charge in [0, 0.05) is 24.0 Å². The van der Waals surface area contributed by atoms with Crippen LogP contribution in [0.15, 0.2) is 75.4 Å². The largest absolute Gasteiger partial charge is 0.464 e. The Bertz CT molecular complexity index is 1020. The summed E-state index contributed by atoms with van der Waals surface area (Å²) in [6, 6.07) is 12.4. The van der Waals surface area contributed by atoms with Gasteiger partial charge in [-0.2, -0.15) is 0 Å². The zero-order chi connectivity index (χ0) is 19.1. The van der Waals surface area contributed by atoms with Crippen molar-refractivity contribution in [1.82, 2.24) is 9.97 Å². The van der Waals surface area contributed by atoms with E-state index in [1.807, 2.05) is 37.3 Å². The zero-order valence-corrected chi connectivity index (χ0v) is 15.3. The number of thioether (sulfide) groups is 1. The fourth-order valence-corrected chi connectivity index (χ4v) is 2.86. The van der Waals surface area contributed by atoms with E-state index >= 15 is 0 Å². The van der Waals surface area contributed by atoms with E-state index in [0.29, 0.717) is 16.7 Å². The normalized spacial score (nSPS) is 10.9. The predicted molar refractivity (Wildman–Crippen MR) is 102 cm³/mol. The second-order valence-corrected chi connectivity index (χ2v) is 6.45. The first-order chi connectivity index (χ1) is 13.1. The molecule has 136 valence electrons. The van der Waals surface area contributed by atoms with Crippen molar-refractivity contribution < 1.29 is 13.9 Å². The van der Waals surface area contributed by atoms with Crippen LogP contribution in [0.2, 0.25) is 0 Å². The van der Waals surface area contributed by atoms with E-state index < -0.39 is 11.4 Å². The van der Waals surface area contributed by atoms with Crippen LogP contribution in [0.4, 0.5) is 0 Å². The molecule has 0 fully saturated rings. The van der Waals surface area contributed by atoms with Gasteiger partial charge in [0.1, 0.15) is 12.0 Å². The minimum Gasteiger partial charge on any atom is -0.464 e. The lowest BCUT2D eigenvalue weighted by Gasteiger charge is -2.03. The van der Waals surface area contributed by atoms with Crippen molar-refractivity contribution in [3.05, 3.63) is 88.2 Å². The van der Waals surface area contributed by atoms with Gasteiger partial charge in [-0.3, -0.25) is 4.79 Å². The topological polar surface area (TPSA) is 82.3 Å². The second-order valence-electron chi connectivity index (χ2n) is 5.51. The van der Waals surface area contributed by atoms with Gasteiger partial charge >= 0.3 is 5.97 Å². The molecule has 0 radical (unpaired) electrons. The quantitative estimate of drug-likeness (QED) is 0.279. The molecule has 0 amide bonds. The lowest BCUT2D eigenvalue weighted by Crippen LogP contribution is -2.12. The molecule has 0 N–H and O–H groups in total. The number of hydrogen-bond acceptors (Lipinski definition) is 7. The van der Waals surface area contributed by atoms with Crippen LogP contribution in [-0.2, 0) is 10.5 Å². The highest BCUT2D eigenvalue weighted by Crippen LogP contribution is 2.19. The molecule has 2 heterocycles. The number of nitrogens with zero attached hydrogens (tertiary/aromatic N) is 2. The molecule has 0 bridgehead atoms. The molecule has 0 aliphatic rings. The van der Waals surface area contributed by atoms with Gasteiger partial charge in [0.05, 0.1) is 5.75 Å². The second kappa shape index (κ2) is 8.95. The Morgan fingerprint density at radius 2 is 2.07 bits per heavy atom. The van der Waals surface area contributed by atoms with Gasteiger partial charge in [0.25, 0.3) is 0 Å². The predicted octanol–water partition coefficient (Wildman–Crippen LogP) is 3.65. The van der Waals surface area contributed by atoms with Crippen LogP contribution < -0.4 is 10.2 Å². The first-order valence-corrected chi connectivity index (χ1v) is 9.08. The Labute approximate surface area is 159 Å². The number of aromatic nitrogens is 2. The number of aryl methyl sites for hydroxylation is 1. The number of rotatable bonds is 6. The maximum atomic E-state index is 12.1. The first-order valence-electron chi connectivity index (χ1n) is 8.09. The van der Waals surface area contributed by atoms with Crippen molar-refractivity contribution in [2.45, 2.75) is 17.8 Å². The van der Waals surface area contributed by atoms with Gasteiger partial charge in [-0.25, -0.2) is 14.8 Å². The number of carbonyl (C=O) groups excluding carboxylic acids is 1. The van der Waals surface area contributed by atoms with Gasteiger partial charge in [0.2, 0.25) is 11.2 Å². The monoisotopic (exact) mass is 380 g/mol.